The summed E-state index contributed by atoms with van der Waals surface area (Å²) in [5.41, 5.74) is 1.30. The van der Waals surface area contributed by atoms with Crippen molar-refractivity contribution in [3.8, 4) is 0 Å². The van der Waals surface area contributed by atoms with E-state index >= 15 is 0 Å². The first kappa shape index (κ1) is 8.14. The molecule has 0 radical (unpaired) electrons. The molecule has 2 aromatic rings. The molecule has 0 N–H and O–H groups in total. The zero-order valence-electron chi connectivity index (χ0n) is 6.82. The minimum Gasteiger partial charge on any atom is -0.171 e. The molecule has 12 heavy (non-hydrogen) atoms. The summed E-state index contributed by atoms with van der Waals surface area (Å²) < 4.78 is 1.35. The molecule has 0 spiro atoms. The fourth-order valence-corrected chi connectivity index (χ4v) is 2.18. The minimum atomic E-state index is 0.328. The average molecular weight is 194 g/mol. The van der Waals surface area contributed by atoms with E-state index in [1.807, 2.05) is 0 Å². The lowest BCUT2D eigenvalue weighted by Crippen LogP contribution is -1.81. The molecule has 0 aliphatic rings. The zero-order valence-corrected chi connectivity index (χ0v) is 8.53. The Labute approximate surface area is 81.6 Å². The lowest BCUT2D eigenvalue weighted by atomic mass is 10.1. The number of hydrogen-bond acceptors (Lipinski definition) is 2. The van der Waals surface area contributed by atoms with Gasteiger partial charge in [0.1, 0.15) is 0 Å². The van der Waals surface area contributed by atoms with Gasteiger partial charge in [0, 0.05) is 9.95 Å². The van der Waals surface area contributed by atoms with Crippen molar-refractivity contribution < 1.29 is 0 Å². The molecular formula is C10H10S2. The summed E-state index contributed by atoms with van der Waals surface area (Å²) in [6.07, 6.45) is 0. The van der Waals surface area contributed by atoms with Gasteiger partial charge in [-0.1, -0.05) is 6.07 Å². The third-order valence-corrected chi connectivity index (χ3v) is 3.15. The lowest BCUT2D eigenvalue weighted by molar-refractivity contribution is 1.12. The SMILES string of the molecule is CC(S)c1ccc2sccc2c1. The Bertz CT molecular complexity index is 387. The summed E-state index contributed by atoms with van der Waals surface area (Å²) in [4.78, 5) is 0. The van der Waals surface area contributed by atoms with Crippen molar-refractivity contribution >= 4 is 34.1 Å². The van der Waals surface area contributed by atoms with E-state index in [4.69, 9.17) is 0 Å². The summed E-state index contributed by atoms with van der Waals surface area (Å²) >= 11 is 6.18. The van der Waals surface area contributed by atoms with Crippen LogP contribution >= 0.6 is 24.0 Å². The first-order valence-corrected chi connectivity index (χ1v) is 5.32. The third kappa shape index (κ3) is 1.37. The van der Waals surface area contributed by atoms with Gasteiger partial charge in [-0.2, -0.15) is 12.6 Å². The van der Waals surface area contributed by atoms with Crippen LogP contribution in [0.2, 0.25) is 0 Å². The number of thiophene rings is 1. The van der Waals surface area contributed by atoms with Crippen LogP contribution in [0.25, 0.3) is 10.1 Å². The molecule has 0 amide bonds. The van der Waals surface area contributed by atoms with Crippen LogP contribution in [0.15, 0.2) is 29.6 Å². The Balaban J connectivity index is 2.60. The molecule has 1 aromatic heterocycles. The highest BCUT2D eigenvalue weighted by Crippen LogP contribution is 2.26. The normalized spacial score (nSPS) is 13.5. The van der Waals surface area contributed by atoms with E-state index in [0.29, 0.717) is 5.25 Å². The maximum atomic E-state index is 4.40. The minimum absolute atomic E-state index is 0.328. The Morgan fingerprint density at radius 1 is 1.33 bits per heavy atom. The van der Waals surface area contributed by atoms with Gasteiger partial charge in [0.15, 0.2) is 0 Å². The largest absolute Gasteiger partial charge is 0.171 e. The predicted octanol–water partition coefficient (Wildman–Crippen LogP) is 3.89. The summed E-state index contributed by atoms with van der Waals surface area (Å²) in [7, 11) is 0. The standard InChI is InChI=1S/C10H10S2/c1-7(11)8-2-3-10-9(6-8)4-5-12-10/h2-7,11H,1H3. The molecule has 0 fully saturated rings. The number of hydrogen-bond donors (Lipinski definition) is 1. The second-order valence-electron chi connectivity index (χ2n) is 2.89. The number of benzene rings is 1. The van der Waals surface area contributed by atoms with Gasteiger partial charge in [-0.05, 0) is 41.5 Å². The van der Waals surface area contributed by atoms with Crippen LogP contribution in [0.5, 0.6) is 0 Å². The summed E-state index contributed by atoms with van der Waals surface area (Å²) in [6, 6.07) is 8.68. The third-order valence-electron chi connectivity index (χ3n) is 1.96. The van der Waals surface area contributed by atoms with Crippen molar-refractivity contribution in [1.82, 2.24) is 0 Å². The monoisotopic (exact) mass is 194 g/mol. The number of fused-ring (bicyclic) bond motifs is 1. The molecule has 1 unspecified atom stereocenters. The molecule has 0 aliphatic carbocycles. The Kier molecular flexibility index (Phi) is 2.11. The molecule has 2 heteroatoms. The fraction of sp³-hybridized carbons (Fsp3) is 0.200. The molecule has 2 rings (SSSR count). The van der Waals surface area contributed by atoms with Crippen molar-refractivity contribution in [3.05, 3.63) is 35.2 Å². The topological polar surface area (TPSA) is 0 Å². The Morgan fingerprint density at radius 2 is 2.17 bits per heavy atom. The highest BCUT2D eigenvalue weighted by atomic mass is 32.1. The lowest BCUT2D eigenvalue weighted by Gasteiger charge is -2.03. The van der Waals surface area contributed by atoms with Crippen molar-refractivity contribution in [2.24, 2.45) is 0 Å². The van der Waals surface area contributed by atoms with Crippen LogP contribution in [0, 0.1) is 0 Å². The van der Waals surface area contributed by atoms with Crippen LogP contribution < -0.4 is 0 Å². The van der Waals surface area contributed by atoms with Gasteiger partial charge in [0.05, 0.1) is 0 Å². The molecule has 1 aromatic carbocycles. The van der Waals surface area contributed by atoms with Crippen LogP contribution in [-0.4, -0.2) is 0 Å². The van der Waals surface area contributed by atoms with E-state index in [1.165, 1.54) is 15.6 Å². The summed E-state index contributed by atoms with van der Waals surface area (Å²) in [6.45, 7) is 2.09. The summed E-state index contributed by atoms with van der Waals surface area (Å²) in [5, 5.41) is 3.78. The van der Waals surface area contributed by atoms with Crippen LogP contribution in [0.3, 0.4) is 0 Å². The van der Waals surface area contributed by atoms with Crippen molar-refractivity contribution in [2.75, 3.05) is 0 Å². The van der Waals surface area contributed by atoms with Gasteiger partial charge >= 0.3 is 0 Å². The second-order valence-corrected chi connectivity index (χ2v) is 4.62. The quantitative estimate of drug-likeness (QED) is 0.654. The van der Waals surface area contributed by atoms with Crippen LogP contribution in [0.1, 0.15) is 17.7 Å². The van der Waals surface area contributed by atoms with E-state index < -0.39 is 0 Å². The number of rotatable bonds is 1. The zero-order chi connectivity index (χ0) is 8.55. The van der Waals surface area contributed by atoms with Gasteiger partial charge in [-0.25, -0.2) is 0 Å². The van der Waals surface area contributed by atoms with Gasteiger partial charge < -0.3 is 0 Å². The molecule has 0 saturated heterocycles. The molecule has 1 heterocycles. The van der Waals surface area contributed by atoms with E-state index in [-0.39, 0.29) is 0 Å². The number of thiol groups is 1. The average Bonchev–Trinajstić information content (AvgIpc) is 2.49. The summed E-state index contributed by atoms with van der Waals surface area (Å²) in [5.74, 6) is 0. The highest BCUT2D eigenvalue weighted by Gasteiger charge is 2.00. The van der Waals surface area contributed by atoms with E-state index in [9.17, 15) is 0 Å². The first-order chi connectivity index (χ1) is 5.77. The van der Waals surface area contributed by atoms with E-state index in [0.717, 1.165) is 0 Å². The first-order valence-electron chi connectivity index (χ1n) is 3.92. The molecular weight excluding hydrogens is 184 g/mol. The van der Waals surface area contributed by atoms with Crippen LogP contribution in [-0.2, 0) is 0 Å². The van der Waals surface area contributed by atoms with Crippen molar-refractivity contribution in [1.29, 1.82) is 0 Å². The van der Waals surface area contributed by atoms with Gasteiger partial charge in [0.2, 0.25) is 0 Å². The van der Waals surface area contributed by atoms with Gasteiger partial charge in [-0.15, -0.1) is 11.3 Å². The Hall–Kier alpha value is -0.470. The molecule has 0 nitrogen and oxygen atoms in total. The van der Waals surface area contributed by atoms with Crippen LogP contribution in [0.4, 0.5) is 0 Å². The molecule has 1 atom stereocenters. The molecule has 62 valence electrons. The smallest absolute Gasteiger partial charge is 0.0342 e. The molecule has 0 aliphatic heterocycles. The molecule has 0 saturated carbocycles. The van der Waals surface area contributed by atoms with Gasteiger partial charge in [0.25, 0.3) is 0 Å². The second kappa shape index (κ2) is 3.11. The van der Waals surface area contributed by atoms with Gasteiger partial charge in [-0.3, -0.25) is 0 Å². The Morgan fingerprint density at radius 3 is 2.92 bits per heavy atom. The maximum Gasteiger partial charge on any atom is 0.0342 e. The van der Waals surface area contributed by atoms with Crippen molar-refractivity contribution in [3.63, 3.8) is 0 Å². The maximum absolute atomic E-state index is 4.40. The highest BCUT2D eigenvalue weighted by molar-refractivity contribution is 7.80. The predicted molar refractivity (Wildman–Crippen MR) is 59.2 cm³/mol. The van der Waals surface area contributed by atoms with E-state index in [2.05, 4.69) is 49.2 Å². The molecule has 0 bridgehead atoms. The van der Waals surface area contributed by atoms with Crippen molar-refractivity contribution in [2.45, 2.75) is 12.2 Å². The fourth-order valence-electron chi connectivity index (χ4n) is 1.24. The van der Waals surface area contributed by atoms with E-state index in [1.54, 1.807) is 11.3 Å².